The van der Waals surface area contributed by atoms with Crippen molar-refractivity contribution in [2.45, 2.75) is 0 Å². The molecule has 0 atom stereocenters. The second-order valence-corrected chi connectivity index (χ2v) is 6.67. The number of para-hydroxylation sites is 2. The lowest BCUT2D eigenvalue weighted by Crippen LogP contribution is -2.22. The highest BCUT2D eigenvalue weighted by Crippen LogP contribution is 2.22. The quantitative estimate of drug-likeness (QED) is 0.350. The number of hydrogen-bond donors (Lipinski definition) is 0. The third kappa shape index (κ3) is 3.66. The summed E-state index contributed by atoms with van der Waals surface area (Å²) in [5.74, 6) is 0.403. The van der Waals surface area contributed by atoms with Crippen LogP contribution >= 0.6 is 11.6 Å². The largest absolute Gasteiger partial charge is 0.269 e. The van der Waals surface area contributed by atoms with Crippen molar-refractivity contribution in [1.29, 1.82) is 0 Å². The molecule has 6 nitrogen and oxygen atoms in total. The van der Waals surface area contributed by atoms with Gasteiger partial charge in [0, 0.05) is 12.1 Å². The maximum Gasteiger partial charge on any atom is 0.269 e. The lowest BCUT2D eigenvalue weighted by Gasteiger charge is -2.12. The number of halogens is 1. The van der Waals surface area contributed by atoms with Gasteiger partial charge in [-0.2, -0.15) is 0 Å². The molecule has 1 aromatic heterocycles. The number of nitrogens with zero attached hydrogens (tertiary/aromatic N) is 3. The number of non-ortho nitro benzene ring substituents is 1. The maximum atomic E-state index is 13.2. The van der Waals surface area contributed by atoms with Crippen molar-refractivity contribution in [3.05, 3.63) is 110 Å². The van der Waals surface area contributed by atoms with Crippen molar-refractivity contribution < 1.29 is 4.92 Å². The molecule has 0 aliphatic carbocycles. The first-order valence-corrected chi connectivity index (χ1v) is 9.11. The van der Waals surface area contributed by atoms with Crippen LogP contribution in [0.3, 0.4) is 0 Å². The van der Waals surface area contributed by atoms with Crippen LogP contribution in [0.2, 0.25) is 5.02 Å². The number of nitro groups is 1. The Bertz CT molecular complexity index is 1310. The predicted molar refractivity (Wildman–Crippen MR) is 114 cm³/mol. The molecule has 3 aromatic carbocycles. The van der Waals surface area contributed by atoms with Crippen LogP contribution in [-0.2, 0) is 0 Å². The van der Waals surface area contributed by atoms with Gasteiger partial charge in [0.25, 0.3) is 11.2 Å². The van der Waals surface area contributed by atoms with Crippen molar-refractivity contribution in [2.24, 2.45) is 0 Å². The summed E-state index contributed by atoms with van der Waals surface area (Å²) in [4.78, 5) is 28.2. The Kier molecular flexibility index (Phi) is 4.93. The average Bonchev–Trinajstić information content (AvgIpc) is 2.73. The maximum absolute atomic E-state index is 13.2. The Morgan fingerprint density at radius 3 is 2.34 bits per heavy atom. The minimum atomic E-state index is -0.451. The van der Waals surface area contributed by atoms with E-state index in [4.69, 9.17) is 11.6 Å². The van der Waals surface area contributed by atoms with Crippen LogP contribution in [0.5, 0.6) is 0 Å². The van der Waals surface area contributed by atoms with Crippen LogP contribution in [0.1, 0.15) is 11.4 Å². The highest BCUT2D eigenvalue weighted by Gasteiger charge is 2.13. The summed E-state index contributed by atoms with van der Waals surface area (Å²) >= 11 is 6.34. The predicted octanol–water partition coefficient (Wildman–Crippen LogP) is 5.12. The third-order valence-electron chi connectivity index (χ3n) is 4.42. The normalized spacial score (nSPS) is 11.2. The van der Waals surface area contributed by atoms with Gasteiger partial charge in [0.1, 0.15) is 5.82 Å². The lowest BCUT2D eigenvalue weighted by molar-refractivity contribution is -0.384. The van der Waals surface area contributed by atoms with E-state index in [2.05, 4.69) is 4.98 Å². The molecule has 0 aliphatic rings. The Labute approximate surface area is 170 Å². The minimum Gasteiger partial charge on any atom is -0.268 e. The molecule has 4 rings (SSSR count). The van der Waals surface area contributed by atoms with E-state index in [0.717, 1.165) is 5.56 Å². The van der Waals surface area contributed by atoms with Gasteiger partial charge in [-0.3, -0.25) is 19.5 Å². The molecule has 29 heavy (non-hydrogen) atoms. The molecule has 0 saturated heterocycles. The van der Waals surface area contributed by atoms with E-state index in [1.165, 1.54) is 16.7 Å². The minimum absolute atomic E-state index is 0.0129. The second kappa shape index (κ2) is 7.69. The summed E-state index contributed by atoms with van der Waals surface area (Å²) in [6.45, 7) is 0. The van der Waals surface area contributed by atoms with Crippen molar-refractivity contribution in [2.75, 3.05) is 0 Å². The Morgan fingerprint density at radius 1 is 0.931 bits per heavy atom. The second-order valence-electron chi connectivity index (χ2n) is 6.26. The topological polar surface area (TPSA) is 78.0 Å². The first kappa shape index (κ1) is 18.6. The van der Waals surface area contributed by atoms with Crippen LogP contribution in [0.4, 0.5) is 5.69 Å². The molecular formula is C22H14ClN3O3. The SMILES string of the molecule is O=c1c2ccccc2nc(/C=C/c2ccc([N+](=O)[O-])cc2)n1-c1ccccc1Cl. The highest BCUT2D eigenvalue weighted by atomic mass is 35.5. The van der Waals surface area contributed by atoms with Crippen LogP contribution in [0, 0.1) is 10.1 Å². The summed E-state index contributed by atoms with van der Waals surface area (Å²) in [6.07, 6.45) is 3.44. The molecule has 7 heteroatoms. The van der Waals surface area contributed by atoms with Crippen LogP contribution < -0.4 is 5.56 Å². The van der Waals surface area contributed by atoms with Gasteiger partial charge in [0.05, 0.1) is 26.5 Å². The van der Waals surface area contributed by atoms with Crippen molar-refractivity contribution in [3.63, 3.8) is 0 Å². The van der Waals surface area contributed by atoms with Gasteiger partial charge in [0.2, 0.25) is 0 Å². The molecule has 142 valence electrons. The average molecular weight is 404 g/mol. The van der Waals surface area contributed by atoms with E-state index in [1.54, 1.807) is 66.7 Å². The Balaban J connectivity index is 1.89. The highest BCUT2D eigenvalue weighted by molar-refractivity contribution is 6.32. The number of aromatic nitrogens is 2. The van der Waals surface area contributed by atoms with Gasteiger partial charge in [-0.1, -0.05) is 41.9 Å². The first-order valence-electron chi connectivity index (χ1n) is 8.74. The van der Waals surface area contributed by atoms with Crippen molar-refractivity contribution in [3.8, 4) is 5.69 Å². The number of fused-ring (bicyclic) bond motifs is 1. The van der Waals surface area contributed by atoms with E-state index < -0.39 is 4.92 Å². The zero-order chi connectivity index (χ0) is 20.4. The monoisotopic (exact) mass is 403 g/mol. The molecule has 0 aliphatic heterocycles. The van der Waals surface area contributed by atoms with E-state index in [1.807, 2.05) is 6.07 Å². The Morgan fingerprint density at radius 2 is 1.62 bits per heavy atom. The van der Waals surface area contributed by atoms with Crippen LogP contribution in [-0.4, -0.2) is 14.5 Å². The standard InChI is InChI=1S/C22H14ClN3O3/c23-18-6-2-4-8-20(18)25-21(24-19-7-3-1-5-17(19)22(25)27)14-11-15-9-12-16(13-10-15)26(28)29/h1-14H/b14-11+. The molecule has 1 heterocycles. The molecule has 0 spiro atoms. The van der Waals surface area contributed by atoms with Gasteiger partial charge in [-0.15, -0.1) is 0 Å². The molecule has 0 bridgehead atoms. The third-order valence-corrected chi connectivity index (χ3v) is 4.74. The molecule has 0 unspecified atom stereocenters. The van der Waals surface area contributed by atoms with Gasteiger partial charge >= 0.3 is 0 Å². The summed E-state index contributed by atoms with van der Waals surface area (Å²) in [6, 6.07) is 20.3. The fourth-order valence-electron chi connectivity index (χ4n) is 3.01. The van der Waals surface area contributed by atoms with Gasteiger partial charge in [0.15, 0.2) is 0 Å². The lowest BCUT2D eigenvalue weighted by atomic mass is 10.2. The summed E-state index contributed by atoms with van der Waals surface area (Å²) in [5.41, 5.74) is 1.62. The fraction of sp³-hybridized carbons (Fsp3) is 0. The number of rotatable bonds is 4. The van der Waals surface area contributed by atoms with E-state index in [9.17, 15) is 14.9 Å². The molecular weight excluding hydrogens is 390 g/mol. The van der Waals surface area contributed by atoms with Crippen LogP contribution in [0.15, 0.2) is 77.6 Å². The zero-order valence-electron chi connectivity index (χ0n) is 15.0. The fourth-order valence-corrected chi connectivity index (χ4v) is 3.23. The van der Waals surface area contributed by atoms with Crippen molar-refractivity contribution >= 4 is 40.3 Å². The smallest absolute Gasteiger partial charge is 0.268 e. The van der Waals surface area contributed by atoms with E-state index in [0.29, 0.717) is 27.4 Å². The zero-order valence-corrected chi connectivity index (χ0v) is 15.8. The molecule has 4 aromatic rings. The number of benzene rings is 3. The first-order chi connectivity index (χ1) is 14.0. The summed E-state index contributed by atoms with van der Waals surface area (Å²) in [5, 5.41) is 11.7. The van der Waals surface area contributed by atoms with Crippen LogP contribution in [0.25, 0.3) is 28.7 Å². The molecule has 0 fully saturated rings. The van der Waals surface area contributed by atoms with Crippen molar-refractivity contribution in [1.82, 2.24) is 9.55 Å². The van der Waals surface area contributed by atoms with Gasteiger partial charge in [-0.05, 0) is 48.0 Å². The molecule has 0 N–H and O–H groups in total. The molecule has 0 radical (unpaired) electrons. The number of hydrogen-bond acceptors (Lipinski definition) is 4. The van der Waals surface area contributed by atoms with Gasteiger partial charge < -0.3 is 0 Å². The Hall–Kier alpha value is -3.77. The summed E-state index contributed by atoms with van der Waals surface area (Å²) in [7, 11) is 0. The van der Waals surface area contributed by atoms with E-state index in [-0.39, 0.29) is 11.2 Å². The molecule has 0 saturated carbocycles. The number of nitro benzene ring substituents is 1. The summed E-state index contributed by atoms with van der Waals surface area (Å²) < 4.78 is 1.46. The van der Waals surface area contributed by atoms with E-state index >= 15 is 0 Å². The molecule has 0 amide bonds. The van der Waals surface area contributed by atoms with Gasteiger partial charge in [-0.25, -0.2) is 4.98 Å².